The van der Waals surface area contributed by atoms with Gasteiger partial charge in [0.25, 0.3) is 0 Å². The Balaban J connectivity index is 1.52. The highest BCUT2D eigenvalue weighted by Crippen LogP contribution is 2.42. The third-order valence-electron chi connectivity index (χ3n) is 4.05. The second-order valence-corrected chi connectivity index (χ2v) is 6.57. The van der Waals surface area contributed by atoms with Crippen LogP contribution in [0.3, 0.4) is 0 Å². The van der Waals surface area contributed by atoms with E-state index in [0.29, 0.717) is 5.82 Å². The number of H-pyrrole nitrogens is 1. The molecule has 2 N–H and O–H groups in total. The van der Waals surface area contributed by atoms with Crippen molar-refractivity contribution >= 4 is 23.8 Å². The number of hydrogen-bond donors (Lipinski definition) is 2. The molecule has 1 aliphatic rings. The van der Waals surface area contributed by atoms with Crippen LogP contribution >= 0.6 is 12.2 Å². The van der Waals surface area contributed by atoms with Crippen molar-refractivity contribution in [2.45, 2.75) is 19.8 Å². The van der Waals surface area contributed by atoms with Crippen molar-refractivity contribution in [3.8, 4) is 22.9 Å². The van der Waals surface area contributed by atoms with Gasteiger partial charge in [-0.25, -0.2) is 0 Å². The summed E-state index contributed by atoms with van der Waals surface area (Å²) >= 11 is 5.22. The van der Waals surface area contributed by atoms with Crippen LogP contribution in [-0.2, 0) is 11.3 Å². The van der Waals surface area contributed by atoms with Crippen molar-refractivity contribution in [3.05, 3.63) is 52.8 Å². The van der Waals surface area contributed by atoms with E-state index in [1.54, 1.807) is 4.57 Å². The third kappa shape index (κ3) is 3.58. The quantitative estimate of drug-likeness (QED) is 0.645. The zero-order chi connectivity index (χ0) is 19.9. The first kappa shape index (κ1) is 18.1. The molecule has 4 rings (SSSR count). The van der Waals surface area contributed by atoms with Crippen LogP contribution in [0, 0.1) is 11.7 Å². The first-order chi connectivity index (χ1) is 13.3. The normalized spacial score (nSPS) is 14.1. The molecular weight excluding hydrogens is 390 g/mol. The molecule has 10 heteroatoms. The fraction of sp³-hybridized carbons (Fsp3) is 0.167. The van der Waals surface area contributed by atoms with Crippen LogP contribution in [0.4, 0.5) is 14.5 Å². The first-order valence-corrected chi connectivity index (χ1v) is 8.63. The summed E-state index contributed by atoms with van der Waals surface area (Å²) in [6.45, 7) is 1.86. The van der Waals surface area contributed by atoms with Gasteiger partial charge in [-0.3, -0.25) is 14.5 Å². The largest absolute Gasteiger partial charge is 0.586 e. The summed E-state index contributed by atoms with van der Waals surface area (Å²) in [5, 5.41) is 9.49. The Bertz CT molecular complexity index is 1110. The number of fused-ring (bicyclic) bond motifs is 1. The van der Waals surface area contributed by atoms with Crippen LogP contribution in [0.1, 0.15) is 5.56 Å². The summed E-state index contributed by atoms with van der Waals surface area (Å²) in [4.78, 5) is 12.5. The average Bonchev–Trinajstić information content (AvgIpc) is 3.13. The number of benzene rings is 2. The molecule has 0 saturated heterocycles. The zero-order valence-corrected chi connectivity index (χ0v) is 15.3. The maximum absolute atomic E-state index is 13.1. The molecular formula is C18H14F2N4O3S. The zero-order valence-electron chi connectivity index (χ0n) is 14.5. The van der Waals surface area contributed by atoms with Gasteiger partial charge >= 0.3 is 6.29 Å². The Kier molecular flexibility index (Phi) is 4.34. The molecule has 0 bridgehead atoms. The van der Waals surface area contributed by atoms with E-state index in [1.165, 1.54) is 18.2 Å². The molecule has 2 aromatic carbocycles. The van der Waals surface area contributed by atoms with E-state index in [1.807, 2.05) is 31.2 Å². The van der Waals surface area contributed by atoms with E-state index < -0.39 is 12.2 Å². The van der Waals surface area contributed by atoms with Gasteiger partial charge in [-0.05, 0) is 31.3 Å². The van der Waals surface area contributed by atoms with E-state index >= 15 is 0 Å². The van der Waals surface area contributed by atoms with Crippen molar-refractivity contribution in [2.75, 3.05) is 5.32 Å². The summed E-state index contributed by atoms with van der Waals surface area (Å²) in [5.74, 6) is -0.133. The van der Waals surface area contributed by atoms with Crippen molar-refractivity contribution in [3.63, 3.8) is 0 Å². The van der Waals surface area contributed by atoms with E-state index in [-0.39, 0.29) is 28.5 Å². The number of ether oxygens (including phenoxy) is 2. The molecule has 0 atom stereocenters. The number of carbonyl (C=O) groups excluding carboxylic acids is 1. The predicted octanol–water partition coefficient (Wildman–Crippen LogP) is 3.88. The van der Waals surface area contributed by atoms with Crippen LogP contribution in [-0.4, -0.2) is 27.0 Å². The van der Waals surface area contributed by atoms with E-state index in [4.69, 9.17) is 12.2 Å². The second kappa shape index (κ2) is 6.71. The number of amides is 1. The minimum absolute atomic E-state index is 0.0956. The lowest BCUT2D eigenvalue weighted by Crippen LogP contribution is -2.25. The smallest absolute Gasteiger partial charge is 0.395 e. The van der Waals surface area contributed by atoms with Gasteiger partial charge in [0.1, 0.15) is 6.54 Å². The number of carbonyl (C=O) groups is 1. The number of hydrogen-bond acceptors (Lipinski definition) is 5. The van der Waals surface area contributed by atoms with Crippen LogP contribution in [0.15, 0.2) is 42.5 Å². The van der Waals surface area contributed by atoms with Crippen molar-refractivity contribution in [1.29, 1.82) is 0 Å². The number of halogens is 2. The van der Waals surface area contributed by atoms with Crippen molar-refractivity contribution < 1.29 is 23.0 Å². The van der Waals surface area contributed by atoms with E-state index in [9.17, 15) is 13.6 Å². The fourth-order valence-corrected chi connectivity index (χ4v) is 2.95. The Labute approximate surface area is 162 Å². The minimum atomic E-state index is -3.71. The Morgan fingerprint density at radius 2 is 1.93 bits per heavy atom. The molecule has 0 spiro atoms. The van der Waals surface area contributed by atoms with Crippen molar-refractivity contribution in [1.82, 2.24) is 14.8 Å². The summed E-state index contributed by atoms with van der Waals surface area (Å²) in [6.07, 6.45) is -3.71. The topological polar surface area (TPSA) is 81.2 Å². The highest BCUT2D eigenvalue weighted by Gasteiger charge is 2.43. The number of anilines is 1. The predicted molar refractivity (Wildman–Crippen MR) is 98.9 cm³/mol. The number of nitrogens with one attached hydrogen (secondary N) is 2. The monoisotopic (exact) mass is 404 g/mol. The van der Waals surface area contributed by atoms with Gasteiger partial charge in [0.15, 0.2) is 22.1 Å². The Morgan fingerprint density at radius 1 is 1.21 bits per heavy atom. The number of aryl methyl sites for hydroxylation is 1. The van der Waals surface area contributed by atoms with E-state index in [2.05, 4.69) is 25.0 Å². The molecule has 7 nitrogen and oxygen atoms in total. The van der Waals surface area contributed by atoms with E-state index in [0.717, 1.165) is 11.1 Å². The van der Waals surface area contributed by atoms with Gasteiger partial charge in [-0.2, -0.15) is 5.10 Å². The summed E-state index contributed by atoms with van der Waals surface area (Å²) in [5.41, 5.74) is 2.18. The summed E-state index contributed by atoms with van der Waals surface area (Å²) < 4.78 is 36.8. The molecule has 28 heavy (non-hydrogen) atoms. The molecule has 0 fully saturated rings. The highest BCUT2D eigenvalue weighted by molar-refractivity contribution is 7.71. The average molecular weight is 404 g/mol. The number of alkyl halides is 2. The Morgan fingerprint density at radius 3 is 2.68 bits per heavy atom. The van der Waals surface area contributed by atoms with Crippen LogP contribution in [0.2, 0.25) is 0 Å². The minimum Gasteiger partial charge on any atom is -0.395 e. The molecule has 0 saturated carbocycles. The molecule has 0 radical (unpaired) electrons. The highest BCUT2D eigenvalue weighted by atomic mass is 32.1. The number of rotatable bonds is 4. The van der Waals surface area contributed by atoms with Crippen molar-refractivity contribution in [2.24, 2.45) is 0 Å². The van der Waals surface area contributed by atoms with Gasteiger partial charge in [0, 0.05) is 17.3 Å². The third-order valence-corrected chi connectivity index (χ3v) is 4.37. The number of aromatic nitrogens is 3. The first-order valence-electron chi connectivity index (χ1n) is 8.23. The Hall–Kier alpha value is -3.27. The lowest BCUT2D eigenvalue weighted by molar-refractivity contribution is -0.286. The fourth-order valence-electron chi connectivity index (χ4n) is 2.76. The number of aromatic amines is 1. The molecule has 144 valence electrons. The van der Waals surface area contributed by atoms with Gasteiger partial charge in [0.05, 0.1) is 0 Å². The molecule has 1 aliphatic heterocycles. The summed E-state index contributed by atoms with van der Waals surface area (Å²) in [6, 6.07) is 11.6. The van der Waals surface area contributed by atoms with Gasteiger partial charge in [0.2, 0.25) is 5.91 Å². The number of nitrogens with zero attached hydrogens (tertiary/aromatic N) is 2. The SMILES string of the molecule is Cc1ccc(-c2n[nH]c(=S)n2CC(=O)Nc2ccc3c(c2)OC(F)(F)O3)cc1. The van der Waals surface area contributed by atoms with Gasteiger partial charge < -0.3 is 14.8 Å². The lowest BCUT2D eigenvalue weighted by atomic mass is 10.1. The lowest BCUT2D eigenvalue weighted by Gasteiger charge is -2.09. The maximum atomic E-state index is 13.1. The van der Waals surface area contributed by atoms with Gasteiger partial charge in [-0.15, -0.1) is 8.78 Å². The van der Waals surface area contributed by atoms with Crippen LogP contribution in [0.25, 0.3) is 11.4 Å². The summed E-state index contributed by atoms with van der Waals surface area (Å²) in [7, 11) is 0. The van der Waals surface area contributed by atoms with Crippen LogP contribution in [0.5, 0.6) is 11.5 Å². The molecule has 1 amide bonds. The molecule has 2 heterocycles. The van der Waals surface area contributed by atoms with Crippen LogP contribution < -0.4 is 14.8 Å². The molecule has 0 aliphatic carbocycles. The standard InChI is InChI=1S/C18H14F2N4O3S/c1-10-2-4-11(5-3-10)16-22-23-17(28)24(16)9-15(25)21-12-6-7-13-14(8-12)27-18(19,20)26-13/h2-8H,9H2,1H3,(H,21,25)(H,23,28). The maximum Gasteiger partial charge on any atom is 0.586 e. The van der Waals surface area contributed by atoms with Gasteiger partial charge in [-0.1, -0.05) is 29.8 Å². The second-order valence-electron chi connectivity index (χ2n) is 6.18. The molecule has 0 unspecified atom stereocenters. The molecule has 1 aromatic heterocycles. The molecule has 3 aromatic rings.